The Morgan fingerprint density at radius 2 is 1.87 bits per heavy atom. The molecule has 1 aromatic heterocycles. The lowest BCUT2D eigenvalue weighted by Gasteiger charge is -2.03. The number of aromatic nitrogens is 2. The number of halogens is 2. The van der Waals surface area contributed by atoms with Gasteiger partial charge in [0.15, 0.2) is 11.4 Å². The van der Waals surface area contributed by atoms with Crippen LogP contribution < -0.4 is 0 Å². The number of rotatable bonds is 2. The van der Waals surface area contributed by atoms with Gasteiger partial charge in [-0.15, -0.1) is 0 Å². The molecule has 2 rings (SSSR count). The fraction of sp³-hybridized carbons (Fsp3) is 0. The first kappa shape index (κ1) is 10.2. The molecule has 1 heterocycles. The topological polar surface area (TPSA) is 34.9 Å². The van der Waals surface area contributed by atoms with Gasteiger partial charge in [-0.2, -0.15) is 0 Å². The second kappa shape index (κ2) is 4.04. The van der Waals surface area contributed by atoms with Gasteiger partial charge in [0.1, 0.15) is 12.0 Å². The highest BCUT2D eigenvalue weighted by atomic mass is 35.5. The molecule has 1 aromatic carbocycles. The van der Waals surface area contributed by atoms with Gasteiger partial charge in [-0.05, 0) is 24.3 Å². The standard InChI is InChI=1S/C10H6Cl2N2O/c11-7-1-3-8(4-2-7)14-6-13-10(12)9(14)5-15/h1-6H. The van der Waals surface area contributed by atoms with E-state index in [4.69, 9.17) is 23.2 Å². The summed E-state index contributed by atoms with van der Waals surface area (Å²) in [7, 11) is 0. The molecule has 0 aliphatic carbocycles. The molecular weight excluding hydrogens is 235 g/mol. The molecule has 0 saturated heterocycles. The van der Waals surface area contributed by atoms with Crippen molar-refractivity contribution < 1.29 is 4.79 Å². The lowest BCUT2D eigenvalue weighted by molar-refractivity contribution is 0.111. The SMILES string of the molecule is O=Cc1c(Cl)ncn1-c1ccc(Cl)cc1. The highest BCUT2D eigenvalue weighted by Crippen LogP contribution is 2.18. The Labute approximate surface area is 96.3 Å². The van der Waals surface area contributed by atoms with E-state index in [-0.39, 0.29) is 5.15 Å². The van der Waals surface area contributed by atoms with Gasteiger partial charge >= 0.3 is 0 Å². The highest BCUT2D eigenvalue weighted by molar-refractivity contribution is 6.31. The molecule has 0 radical (unpaired) electrons. The van der Waals surface area contributed by atoms with Crippen molar-refractivity contribution in [2.45, 2.75) is 0 Å². The van der Waals surface area contributed by atoms with Crippen molar-refractivity contribution >= 4 is 29.5 Å². The maximum Gasteiger partial charge on any atom is 0.170 e. The molecular formula is C10H6Cl2N2O. The van der Waals surface area contributed by atoms with Crippen LogP contribution in [0.4, 0.5) is 0 Å². The molecule has 0 amide bonds. The number of benzene rings is 1. The predicted octanol–water partition coefficient (Wildman–Crippen LogP) is 2.99. The largest absolute Gasteiger partial charge is 0.296 e. The maximum atomic E-state index is 10.8. The molecule has 0 spiro atoms. The Hall–Kier alpha value is -1.32. The van der Waals surface area contributed by atoms with Crippen LogP contribution in [0.2, 0.25) is 10.2 Å². The van der Waals surface area contributed by atoms with E-state index in [0.29, 0.717) is 17.0 Å². The third kappa shape index (κ3) is 1.89. The molecule has 0 atom stereocenters. The van der Waals surface area contributed by atoms with Crippen LogP contribution in [-0.4, -0.2) is 15.8 Å². The van der Waals surface area contributed by atoms with E-state index in [2.05, 4.69) is 4.98 Å². The minimum absolute atomic E-state index is 0.194. The first-order chi connectivity index (χ1) is 7.22. The quantitative estimate of drug-likeness (QED) is 0.757. The number of aldehydes is 1. The van der Waals surface area contributed by atoms with E-state index < -0.39 is 0 Å². The predicted molar refractivity (Wildman–Crippen MR) is 59.0 cm³/mol. The second-order valence-corrected chi connectivity index (χ2v) is 3.68. The minimum atomic E-state index is 0.194. The summed E-state index contributed by atoms with van der Waals surface area (Å²) in [5, 5.41) is 0.831. The van der Waals surface area contributed by atoms with Crippen LogP contribution in [0.15, 0.2) is 30.6 Å². The van der Waals surface area contributed by atoms with E-state index in [9.17, 15) is 4.79 Å². The Kier molecular flexibility index (Phi) is 2.75. The number of nitrogens with zero attached hydrogens (tertiary/aromatic N) is 2. The van der Waals surface area contributed by atoms with Crippen molar-refractivity contribution in [3.8, 4) is 5.69 Å². The van der Waals surface area contributed by atoms with Crippen molar-refractivity contribution in [3.05, 3.63) is 46.5 Å². The second-order valence-electron chi connectivity index (χ2n) is 2.88. The average molecular weight is 241 g/mol. The van der Waals surface area contributed by atoms with Gasteiger partial charge in [0.25, 0.3) is 0 Å². The normalized spacial score (nSPS) is 10.3. The summed E-state index contributed by atoms with van der Waals surface area (Å²) >= 11 is 11.5. The molecule has 0 bridgehead atoms. The van der Waals surface area contributed by atoms with Crippen molar-refractivity contribution in [2.24, 2.45) is 0 Å². The Balaban J connectivity index is 2.53. The molecule has 76 valence electrons. The third-order valence-corrected chi connectivity index (χ3v) is 2.52. The van der Waals surface area contributed by atoms with Gasteiger partial charge in [0.05, 0.1) is 0 Å². The Morgan fingerprint density at radius 3 is 2.47 bits per heavy atom. The van der Waals surface area contributed by atoms with Crippen LogP contribution in [0.3, 0.4) is 0 Å². The highest BCUT2D eigenvalue weighted by Gasteiger charge is 2.08. The van der Waals surface area contributed by atoms with Gasteiger partial charge in [-0.1, -0.05) is 23.2 Å². The third-order valence-electron chi connectivity index (χ3n) is 1.97. The molecule has 0 aliphatic rings. The van der Waals surface area contributed by atoms with E-state index >= 15 is 0 Å². The fourth-order valence-corrected chi connectivity index (χ4v) is 1.55. The zero-order chi connectivity index (χ0) is 10.8. The first-order valence-electron chi connectivity index (χ1n) is 4.16. The summed E-state index contributed by atoms with van der Waals surface area (Å²) in [5.74, 6) is 0. The summed E-state index contributed by atoms with van der Waals surface area (Å²) in [6, 6.07) is 7.04. The van der Waals surface area contributed by atoms with E-state index in [0.717, 1.165) is 5.69 Å². The van der Waals surface area contributed by atoms with Crippen LogP contribution in [0.25, 0.3) is 5.69 Å². The molecule has 2 aromatic rings. The van der Waals surface area contributed by atoms with Gasteiger partial charge in [0.2, 0.25) is 0 Å². The smallest absolute Gasteiger partial charge is 0.170 e. The van der Waals surface area contributed by atoms with E-state index in [1.54, 1.807) is 28.8 Å². The summed E-state index contributed by atoms with van der Waals surface area (Å²) in [4.78, 5) is 14.6. The monoisotopic (exact) mass is 240 g/mol. The average Bonchev–Trinajstić information content (AvgIpc) is 2.61. The molecule has 0 fully saturated rings. The maximum absolute atomic E-state index is 10.8. The molecule has 0 aliphatic heterocycles. The van der Waals surface area contributed by atoms with Crippen LogP contribution >= 0.6 is 23.2 Å². The van der Waals surface area contributed by atoms with Crippen LogP contribution in [0, 0.1) is 0 Å². The lowest BCUT2D eigenvalue weighted by atomic mass is 10.3. The minimum Gasteiger partial charge on any atom is -0.296 e. The summed E-state index contributed by atoms with van der Waals surface area (Å²) < 4.78 is 1.60. The summed E-state index contributed by atoms with van der Waals surface area (Å²) in [6.07, 6.45) is 2.17. The van der Waals surface area contributed by atoms with E-state index in [1.807, 2.05) is 0 Å². The number of carbonyl (C=O) groups excluding carboxylic acids is 1. The van der Waals surface area contributed by atoms with Gasteiger partial charge in [0, 0.05) is 10.7 Å². The molecule has 0 unspecified atom stereocenters. The lowest BCUT2D eigenvalue weighted by Crippen LogP contribution is -1.97. The zero-order valence-electron chi connectivity index (χ0n) is 7.52. The van der Waals surface area contributed by atoms with Gasteiger partial charge in [-0.25, -0.2) is 4.98 Å². The van der Waals surface area contributed by atoms with Crippen molar-refractivity contribution in [1.82, 2.24) is 9.55 Å². The number of hydrogen-bond acceptors (Lipinski definition) is 2. The van der Waals surface area contributed by atoms with Crippen LogP contribution in [-0.2, 0) is 0 Å². The van der Waals surface area contributed by atoms with Crippen molar-refractivity contribution in [1.29, 1.82) is 0 Å². The van der Waals surface area contributed by atoms with Gasteiger partial charge < -0.3 is 0 Å². The summed E-state index contributed by atoms with van der Waals surface area (Å²) in [5.41, 5.74) is 1.12. The number of hydrogen-bond donors (Lipinski definition) is 0. The molecule has 0 N–H and O–H groups in total. The molecule has 0 saturated carbocycles. The molecule has 5 heteroatoms. The van der Waals surface area contributed by atoms with Crippen molar-refractivity contribution in [2.75, 3.05) is 0 Å². The van der Waals surface area contributed by atoms with Crippen molar-refractivity contribution in [3.63, 3.8) is 0 Å². The zero-order valence-corrected chi connectivity index (χ0v) is 9.03. The number of imidazole rings is 1. The number of carbonyl (C=O) groups is 1. The Bertz CT molecular complexity index is 491. The Morgan fingerprint density at radius 1 is 1.20 bits per heavy atom. The van der Waals surface area contributed by atoms with E-state index in [1.165, 1.54) is 6.33 Å². The molecule has 15 heavy (non-hydrogen) atoms. The van der Waals surface area contributed by atoms with Gasteiger partial charge in [-0.3, -0.25) is 9.36 Å². The fourth-order valence-electron chi connectivity index (χ4n) is 1.25. The first-order valence-corrected chi connectivity index (χ1v) is 4.92. The van der Waals surface area contributed by atoms with Crippen LogP contribution in [0.5, 0.6) is 0 Å². The summed E-state index contributed by atoms with van der Waals surface area (Å²) in [6.45, 7) is 0. The van der Waals surface area contributed by atoms with Crippen LogP contribution in [0.1, 0.15) is 10.5 Å². The molecule has 3 nitrogen and oxygen atoms in total.